The first-order valence-corrected chi connectivity index (χ1v) is 8.02. The van der Waals surface area contributed by atoms with Gasteiger partial charge in [0.15, 0.2) is 0 Å². The van der Waals surface area contributed by atoms with E-state index >= 15 is 0 Å². The van der Waals surface area contributed by atoms with Crippen LogP contribution in [0.5, 0.6) is 0 Å². The van der Waals surface area contributed by atoms with Gasteiger partial charge in [0.25, 0.3) is 0 Å². The molecule has 1 heteroatoms. The smallest absolute Gasteiger partial charge is 0.0323 e. The molecule has 1 aromatic carbocycles. The van der Waals surface area contributed by atoms with Gasteiger partial charge < -0.3 is 5.32 Å². The predicted octanol–water partition coefficient (Wildman–Crippen LogP) is 4.48. The van der Waals surface area contributed by atoms with E-state index < -0.39 is 0 Å². The predicted molar refractivity (Wildman–Crippen MR) is 81.2 cm³/mol. The van der Waals surface area contributed by atoms with Crippen molar-refractivity contribution in [2.75, 3.05) is 6.54 Å². The highest BCUT2D eigenvalue weighted by Crippen LogP contribution is 2.51. The maximum absolute atomic E-state index is 3.90. The standard InChI is InChI=1S/C18H27N/c1-14(2)18(11-12-18)13-19-17-10-6-4-8-15-7-3-5-9-16(15)17/h3,5,7,9,14,17,19H,4,6,8,10-13H2,1-2H3. The Kier molecular flexibility index (Phi) is 3.66. The van der Waals surface area contributed by atoms with Gasteiger partial charge in [0.05, 0.1) is 0 Å². The summed E-state index contributed by atoms with van der Waals surface area (Å²) in [4.78, 5) is 0. The van der Waals surface area contributed by atoms with Gasteiger partial charge in [-0.25, -0.2) is 0 Å². The molecule has 1 atom stereocenters. The summed E-state index contributed by atoms with van der Waals surface area (Å²) in [6, 6.07) is 9.65. The molecule has 1 saturated carbocycles. The normalized spacial score (nSPS) is 24.9. The van der Waals surface area contributed by atoms with E-state index in [2.05, 4.69) is 43.4 Å². The Bertz CT molecular complexity index is 431. The van der Waals surface area contributed by atoms with Gasteiger partial charge in [-0.05, 0) is 54.6 Å². The highest BCUT2D eigenvalue weighted by Gasteiger charge is 2.45. The van der Waals surface area contributed by atoms with Crippen molar-refractivity contribution in [3.8, 4) is 0 Å². The van der Waals surface area contributed by atoms with Crippen LogP contribution in [0.3, 0.4) is 0 Å². The lowest BCUT2D eigenvalue weighted by molar-refractivity contribution is 0.315. The lowest BCUT2D eigenvalue weighted by atomic mass is 9.91. The van der Waals surface area contributed by atoms with Gasteiger partial charge >= 0.3 is 0 Å². The molecule has 0 bridgehead atoms. The van der Waals surface area contributed by atoms with Crippen LogP contribution in [0, 0.1) is 11.3 Å². The molecule has 0 heterocycles. The van der Waals surface area contributed by atoms with Crippen molar-refractivity contribution >= 4 is 0 Å². The fraction of sp³-hybridized carbons (Fsp3) is 0.667. The number of nitrogens with one attached hydrogen (secondary N) is 1. The van der Waals surface area contributed by atoms with Gasteiger partial charge in [0.2, 0.25) is 0 Å². The molecule has 2 aliphatic carbocycles. The zero-order valence-electron chi connectivity index (χ0n) is 12.4. The summed E-state index contributed by atoms with van der Waals surface area (Å²) >= 11 is 0. The fourth-order valence-electron chi connectivity index (χ4n) is 3.58. The van der Waals surface area contributed by atoms with E-state index in [4.69, 9.17) is 0 Å². The van der Waals surface area contributed by atoms with Gasteiger partial charge in [0.1, 0.15) is 0 Å². The van der Waals surface area contributed by atoms with Crippen molar-refractivity contribution in [1.82, 2.24) is 5.32 Å². The summed E-state index contributed by atoms with van der Waals surface area (Å²) in [5.41, 5.74) is 3.76. The molecule has 0 aliphatic heterocycles. The van der Waals surface area contributed by atoms with E-state index in [-0.39, 0.29) is 0 Å². The maximum atomic E-state index is 3.90. The first-order chi connectivity index (χ1) is 9.21. The summed E-state index contributed by atoms with van der Waals surface area (Å²) in [5.74, 6) is 0.820. The molecule has 3 rings (SSSR count). The van der Waals surface area contributed by atoms with E-state index in [1.54, 1.807) is 11.1 Å². The lowest BCUT2D eigenvalue weighted by Crippen LogP contribution is -2.31. The topological polar surface area (TPSA) is 12.0 Å². The summed E-state index contributed by atoms with van der Waals surface area (Å²) in [6.07, 6.45) is 8.14. The maximum Gasteiger partial charge on any atom is 0.0323 e. The second-order valence-electron chi connectivity index (χ2n) is 6.90. The number of benzene rings is 1. The van der Waals surface area contributed by atoms with Gasteiger partial charge in [-0.1, -0.05) is 44.5 Å². The molecular formula is C18H27N. The minimum Gasteiger partial charge on any atom is -0.309 e. The molecule has 1 nitrogen and oxygen atoms in total. The monoisotopic (exact) mass is 257 g/mol. The quantitative estimate of drug-likeness (QED) is 0.784. The third-order valence-corrected chi connectivity index (χ3v) is 5.44. The Labute approximate surface area is 117 Å². The number of rotatable bonds is 4. The first-order valence-electron chi connectivity index (χ1n) is 8.02. The first kappa shape index (κ1) is 13.2. The highest BCUT2D eigenvalue weighted by molar-refractivity contribution is 5.31. The van der Waals surface area contributed by atoms with E-state index in [1.165, 1.54) is 45.1 Å². The van der Waals surface area contributed by atoms with E-state index in [1.807, 2.05) is 0 Å². The largest absolute Gasteiger partial charge is 0.309 e. The minimum atomic E-state index is 0.593. The van der Waals surface area contributed by atoms with Crippen LogP contribution in [0.15, 0.2) is 24.3 Å². The van der Waals surface area contributed by atoms with Crippen molar-refractivity contribution in [1.29, 1.82) is 0 Å². The Balaban J connectivity index is 1.71. The van der Waals surface area contributed by atoms with Gasteiger partial charge in [-0.15, -0.1) is 0 Å². The molecule has 0 radical (unpaired) electrons. The van der Waals surface area contributed by atoms with E-state index in [0.717, 1.165) is 5.92 Å². The van der Waals surface area contributed by atoms with Crippen LogP contribution in [-0.4, -0.2) is 6.54 Å². The van der Waals surface area contributed by atoms with Crippen molar-refractivity contribution in [3.05, 3.63) is 35.4 Å². The number of aryl methyl sites for hydroxylation is 1. The number of hydrogen-bond donors (Lipinski definition) is 1. The van der Waals surface area contributed by atoms with Crippen molar-refractivity contribution in [2.24, 2.45) is 11.3 Å². The molecule has 1 N–H and O–H groups in total. The molecule has 1 unspecified atom stereocenters. The van der Waals surface area contributed by atoms with Crippen LogP contribution < -0.4 is 5.32 Å². The third-order valence-electron chi connectivity index (χ3n) is 5.44. The van der Waals surface area contributed by atoms with Crippen LogP contribution in [0.1, 0.15) is 63.1 Å². The van der Waals surface area contributed by atoms with Crippen molar-refractivity contribution in [3.63, 3.8) is 0 Å². The molecular weight excluding hydrogens is 230 g/mol. The molecule has 2 aliphatic rings. The summed E-state index contributed by atoms with van der Waals surface area (Å²) in [6.45, 7) is 5.98. The van der Waals surface area contributed by atoms with Gasteiger partial charge in [-0.3, -0.25) is 0 Å². The minimum absolute atomic E-state index is 0.593. The molecule has 0 aromatic heterocycles. The summed E-state index contributed by atoms with van der Waals surface area (Å²) in [5, 5.41) is 3.90. The van der Waals surface area contributed by atoms with Gasteiger partial charge in [0, 0.05) is 12.6 Å². The molecule has 1 aromatic rings. The third kappa shape index (κ3) is 2.72. The van der Waals surface area contributed by atoms with Crippen LogP contribution in [0.25, 0.3) is 0 Å². The molecule has 0 spiro atoms. The zero-order chi connectivity index (χ0) is 13.3. The Morgan fingerprint density at radius 2 is 2.00 bits per heavy atom. The molecule has 104 valence electrons. The van der Waals surface area contributed by atoms with Crippen molar-refractivity contribution < 1.29 is 0 Å². The second-order valence-corrected chi connectivity index (χ2v) is 6.90. The highest BCUT2D eigenvalue weighted by atomic mass is 14.9. The summed E-state index contributed by atoms with van der Waals surface area (Å²) < 4.78 is 0. The van der Waals surface area contributed by atoms with Crippen LogP contribution in [0.4, 0.5) is 0 Å². The molecule has 0 amide bonds. The lowest BCUT2D eigenvalue weighted by Gasteiger charge is -2.25. The Morgan fingerprint density at radius 1 is 1.21 bits per heavy atom. The van der Waals surface area contributed by atoms with E-state index in [0.29, 0.717) is 11.5 Å². The second kappa shape index (κ2) is 5.28. The van der Waals surface area contributed by atoms with Gasteiger partial charge in [-0.2, -0.15) is 0 Å². The Morgan fingerprint density at radius 3 is 2.74 bits per heavy atom. The number of hydrogen-bond acceptors (Lipinski definition) is 1. The van der Waals surface area contributed by atoms with Crippen LogP contribution in [-0.2, 0) is 6.42 Å². The summed E-state index contributed by atoms with van der Waals surface area (Å²) in [7, 11) is 0. The van der Waals surface area contributed by atoms with Crippen LogP contribution >= 0.6 is 0 Å². The van der Waals surface area contributed by atoms with Crippen molar-refractivity contribution in [2.45, 2.75) is 58.4 Å². The Hall–Kier alpha value is -0.820. The SMILES string of the molecule is CC(C)C1(CNC2CCCCc3ccccc32)CC1. The molecule has 1 fully saturated rings. The fourth-order valence-corrected chi connectivity index (χ4v) is 3.58. The average Bonchev–Trinajstić information content (AvgIpc) is 3.21. The van der Waals surface area contributed by atoms with Crippen LogP contribution in [0.2, 0.25) is 0 Å². The molecule has 0 saturated heterocycles. The number of fused-ring (bicyclic) bond motifs is 1. The van der Waals surface area contributed by atoms with E-state index in [9.17, 15) is 0 Å². The zero-order valence-corrected chi connectivity index (χ0v) is 12.4. The average molecular weight is 257 g/mol. The molecule has 19 heavy (non-hydrogen) atoms.